The van der Waals surface area contributed by atoms with Gasteiger partial charge in [-0.1, -0.05) is 23.7 Å². The number of amides is 1. The van der Waals surface area contributed by atoms with E-state index in [1.54, 1.807) is 31.2 Å². The Balaban J connectivity index is 2.19. The van der Waals surface area contributed by atoms with Crippen molar-refractivity contribution in [1.29, 1.82) is 0 Å². The quantitative estimate of drug-likeness (QED) is 0.463. The third-order valence-corrected chi connectivity index (χ3v) is 3.14. The van der Waals surface area contributed by atoms with Crippen LogP contribution >= 0.6 is 11.6 Å². The number of hydrogen-bond acceptors (Lipinski definition) is 4. The van der Waals surface area contributed by atoms with Crippen LogP contribution in [0.1, 0.15) is 22.8 Å². The highest BCUT2D eigenvalue weighted by Gasteiger charge is 2.10. The van der Waals surface area contributed by atoms with Crippen molar-refractivity contribution in [2.24, 2.45) is 5.10 Å². The lowest BCUT2D eigenvalue weighted by Gasteiger charge is -2.06. The van der Waals surface area contributed by atoms with Gasteiger partial charge in [0.25, 0.3) is 5.91 Å². The molecule has 2 rings (SSSR count). The summed E-state index contributed by atoms with van der Waals surface area (Å²) in [5, 5.41) is 23.3. The second-order valence-corrected chi connectivity index (χ2v) is 4.73. The Kier molecular flexibility index (Phi) is 4.45. The van der Waals surface area contributed by atoms with E-state index in [0.29, 0.717) is 21.9 Å². The van der Waals surface area contributed by atoms with Crippen molar-refractivity contribution in [1.82, 2.24) is 5.43 Å². The molecule has 0 atom stereocenters. The summed E-state index contributed by atoms with van der Waals surface area (Å²) in [5.74, 6) is -0.504. The Morgan fingerprint density at radius 2 is 1.86 bits per heavy atom. The average molecular weight is 305 g/mol. The van der Waals surface area contributed by atoms with Crippen LogP contribution in [0.15, 0.2) is 47.6 Å². The van der Waals surface area contributed by atoms with Crippen LogP contribution in [-0.2, 0) is 0 Å². The SMILES string of the molecule is CC(=NNC(=O)c1ccccc1Cl)c1cc(O)ccc1O. The van der Waals surface area contributed by atoms with Gasteiger partial charge in [0.15, 0.2) is 0 Å². The molecule has 6 heteroatoms. The van der Waals surface area contributed by atoms with Crippen molar-refractivity contribution in [3.8, 4) is 11.5 Å². The summed E-state index contributed by atoms with van der Waals surface area (Å²) >= 11 is 5.92. The van der Waals surface area contributed by atoms with Crippen molar-refractivity contribution in [3.63, 3.8) is 0 Å². The Bertz CT molecular complexity index is 714. The van der Waals surface area contributed by atoms with Crippen LogP contribution in [-0.4, -0.2) is 21.8 Å². The summed E-state index contributed by atoms with van der Waals surface area (Å²) in [7, 11) is 0. The fraction of sp³-hybridized carbons (Fsp3) is 0.0667. The predicted molar refractivity (Wildman–Crippen MR) is 80.9 cm³/mol. The molecule has 2 aromatic rings. The first-order valence-electron chi connectivity index (χ1n) is 6.10. The van der Waals surface area contributed by atoms with Gasteiger partial charge in [0.1, 0.15) is 11.5 Å². The molecule has 0 heterocycles. The number of benzene rings is 2. The molecule has 3 N–H and O–H groups in total. The number of hydrogen-bond donors (Lipinski definition) is 3. The number of nitrogens with zero attached hydrogens (tertiary/aromatic N) is 1. The zero-order valence-electron chi connectivity index (χ0n) is 11.2. The number of hydrazone groups is 1. The molecule has 0 saturated heterocycles. The second-order valence-electron chi connectivity index (χ2n) is 4.32. The molecular formula is C15H13ClN2O3. The van der Waals surface area contributed by atoms with Gasteiger partial charge in [0, 0.05) is 5.56 Å². The number of aromatic hydroxyl groups is 2. The maximum absolute atomic E-state index is 11.9. The smallest absolute Gasteiger partial charge is 0.272 e. The van der Waals surface area contributed by atoms with Crippen LogP contribution in [0.3, 0.4) is 0 Å². The Labute approximate surface area is 126 Å². The highest BCUT2D eigenvalue weighted by molar-refractivity contribution is 6.33. The van der Waals surface area contributed by atoms with Crippen LogP contribution in [0.2, 0.25) is 5.02 Å². The molecule has 2 aromatic carbocycles. The standard InChI is InChI=1S/C15H13ClN2O3/c1-9(12-8-10(19)6-7-14(12)20)17-18-15(21)11-4-2-3-5-13(11)16/h2-8,19-20H,1H3,(H,18,21). The molecule has 1 amide bonds. The summed E-state index contributed by atoms with van der Waals surface area (Å²) in [6, 6.07) is 10.7. The maximum Gasteiger partial charge on any atom is 0.272 e. The number of rotatable bonds is 3. The lowest BCUT2D eigenvalue weighted by Crippen LogP contribution is -2.19. The lowest BCUT2D eigenvalue weighted by atomic mass is 10.1. The highest BCUT2D eigenvalue weighted by atomic mass is 35.5. The molecule has 0 bridgehead atoms. The number of carbonyl (C=O) groups is 1. The molecule has 0 aliphatic heterocycles. The first kappa shape index (κ1) is 14.9. The first-order chi connectivity index (χ1) is 9.99. The summed E-state index contributed by atoms with van der Waals surface area (Å²) in [6.45, 7) is 1.60. The third kappa shape index (κ3) is 3.52. The molecule has 0 aliphatic rings. The van der Waals surface area contributed by atoms with Crippen LogP contribution in [0.4, 0.5) is 0 Å². The van der Waals surface area contributed by atoms with Crippen molar-refractivity contribution in [2.45, 2.75) is 6.92 Å². The number of halogens is 1. The molecule has 0 unspecified atom stereocenters. The van der Waals surface area contributed by atoms with E-state index >= 15 is 0 Å². The molecule has 21 heavy (non-hydrogen) atoms. The minimum Gasteiger partial charge on any atom is -0.508 e. The monoisotopic (exact) mass is 304 g/mol. The van der Waals surface area contributed by atoms with E-state index in [0.717, 1.165) is 0 Å². The number of phenolic OH excluding ortho intramolecular Hbond substituents is 2. The molecule has 0 fully saturated rings. The molecular weight excluding hydrogens is 292 g/mol. The van der Waals surface area contributed by atoms with Crippen molar-refractivity contribution >= 4 is 23.2 Å². The van der Waals surface area contributed by atoms with Gasteiger partial charge in [0.2, 0.25) is 0 Å². The van der Waals surface area contributed by atoms with Gasteiger partial charge in [-0.05, 0) is 37.3 Å². The topological polar surface area (TPSA) is 81.9 Å². The minimum absolute atomic E-state index is 0.00483. The Hall–Kier alpha value is -2.53. The lowest BCUT2D eigenvalue weighted by molar-refractivity contribution is 0.0955. The van der Waals surface area contributed by atoms with Crippen LogP contribution in [0.5, 0.6) is 11.5 Å². The fourth-order valence-electron chi connectivity index (χ4n) is 1.71. The molecule has 108 valence electrons. The van der Waals surface area contributed by atoms with E-state index in [9.17, 15) is 15.0 Å². The third-order valence-electron chi connectivity index (χ3n) is 2.81. The average Bonchev–Trinajstić information content (AvgIpc) is 2.47. The Morgan fingerprint density at radius 1 is 1.14 bits per heavy atom. The second kappa shape index (κ2) is 6.28. The van der Waals surface area contributed by atoms with Gasteiger partial charge in [-0.3, -0.25) is 4.79 Å². The van der Waals surface area contributed by atoms with E-state index in [1.165, 1.54) is 18.2 Å². The van der Waals surface area contributed by atoms with Gasteiger partial charge in [-0.25, -0.2) is 5.43 Å². The van der Waals surface area contributed by atoms with E-state index in [1.807, 2.05) is 0 Å². The van der Waals surface area contributed by atoms with Crippen molar-refractivity contribution < 1.29 is 15.0 Å². The van der Waals surface area contributed by atoms with Gasteiger partial charge in [0.05, 0.1) is 16.3 Å². The maximum atomic E-state index is 11.9. The van der Waals surface area contributed by atoms with E-state index in [4.69, 9.17) is 11.6 Å². The zero-order valence-corrected chi connectivity index (χ0v) is 11.9. The summed E-state index contributed by atoms with van der Waals surface area (Å²) < 4.78 is 0. The minimum atomic E-state index is -0.459. The molecule has 0 radical (unpaired) electrons. The zero-order chi connectivity index (χ0) is 15.4. The first-order valence-corrected chi connectivity index (χ1v) is 6.48. The van der Waals surface area contributed by atoms with Crippen molar-refractivity contribution in [2.75, 3.05) is 0 Å². The van der Waals surface area contributed by atoms with Crippen molar-refractivity contribution in [3.05, 3.63) is 58.6 Å². The molecule has 0 aliphatic carbocycles. The van der Waals surface area contributed by atoms with E-state index in [2.05, 4.69) is 10.5 Å². The normalized spacial score (nSPS) is 11.2. The fourth-order valence-corrected chi connectivity index (χ4v) is 1.94. The van der Waals surface area contributed by atoms with Crippen LogP contribution < -0.4 is 5.43 Å². The van der Waals surface area contributed by atoms with Gasteiger partial charge in [-0.15, -0.1) is 0 Å². The van der Waals surface area contributed by atoms with Crippen LogP contribution in [0.25, 0.3) is 0 Å². The van der Waals surface area contributed by atoms with E-state index < -0.39 is 5.91 Å². The predicted octanol–water partition coefficient (Wildman–Crippen LogP) is 2.91. The van der Waals surface area contributed by atoms with E-state index in [-0.39, 0.29) is 11.5 Å². The number of nitrogens with one attached hydrogen (secondary N) is 1. The van der Waals surface area contributed by atoms with Gasteiger partial charge < -0.3 is 10.2 Å². The molecule has 5 nitrogen and oxygen atoms in total. The van der Waals surface area contributed by atoms with Crippen LogP contribution in [0, 0.1) is 0 Å². The highest BCUT2D eigenvalue weighted by Crippen LogP contribution is 2.22. The summed E-state index contributed by atoms with van der Waals surface area (Å²) in [4.78, 5) is 11.9. The Morgan fingerprint density at radius 3 is 2.57 bits per heavy atom. The molecule has 0 aromatic heterocycles. The van der Waals surface area contributed by atoms with Gasteiger partial charge in [-0.2, -0.15) is 5.10 Å². The van der Waals surface area contributed by atoms with Gasteiger partial charge >= 0.3 is 0 Å². The number of carbonyl (C=O) groups excluding carboxylic acids is 1. The molecule has 0 saturated carbocycles. The summed E-state index contributed by atoms with van der Waals surface area (Å²) in [5.41, 5.74) is 3.34. The summed E-state index contributed by atoms with van der Waals surface area (Å²) in [6.07, 6.45) is 0. The largest absolute Gasteiger partial charge is 0.508 e. The molecule has 0 spiro atoms. The number of phenols is 2.